The minimum atomic E-state index is 0.435. The second-order valence-electron chi connectivity index (χ2n) is 6.11. The van der Waals surface area contributed by atoms with Crippen LogP contribution in [0, 0.1) is 23.7 Å². The summed E-state index contributed by atoms with van der Waals surface area (Å²) in [6, 6.07) is 0. The van der Waals surface area contributed by atoms with Crippen LogP contribution in [0.4, 0.5) is 0 Å². The number of hydrogen-bond acceptors (Lipinski definition) is 2. The van der Waals surface area contributed by atoms with Crippen molar-refractivity contribution in [3.05, 3.63) is 0 Å². The monoisotopic (exact) mass is 236 g/mol. The number of carbonyl (C=O) groups excluding carboxylic acids is 1. The van der Waals surface area contributed by atoms with E-state index in [1.165, 1.54) is 32.1 Å². The quantitative estimate of drug-likeness (QED) is 0.805. The van der Waals surface area contributed by atoms with Crippen molar-refractivity contribution >= 4 is 5.91 Å². The van der Waals surface area contributed by atoms with Crippen LogP contribution >= 0.6 is 0 Å². The molecule has 2 atom stereocenters. The molecule has 0 spiro atoms. The first-order chi connectivity index (χ1) is 8.31. The zero-order valence-electron chi connectivity index (χ0n) is 10.8. The van der Waals surface area contributed by atoms with Crippen molar-refractivity contribution in [3.63, 3.8) is 0 Å². The molecule has 0 aromatic heterocycles. The summed E-state index contributed by atoms with van der Waals surface area (Å²) < 4.78 is 0. The van der Waals surface area contributed by atoms with Crippen molar-refractivity contribution in [1.29, 1.82) is 0 Å². The Labute approximate surface area is 104 Å². The number of nitrogens with one attached hydrogen (secondary N) is 1. The summed E-state index contributed by atoms with van der Waals surface area (Å²) in [5, 5.41) is 3.25. The Balaban J connectivity index is 1.48. The minimum Gasteiger partial charge on any atom is -0.342 e. The molecule has 96 valence electrons. The highest BCUT2D eigenvalue weighted by Crippen LogP contribution is 2.58. The molecule has 3 rings (SSSR count). The first kappa shape index (κ1) is 11.5. The predicted molar refractivity (Wildman–Crippen MR) is 67.6 cm³/mol. The highest BCUT2D eigenvalue weighted by Gasteiger charge is 2.57. The summed E-state index contributed by atoms with van der Waals surface area (Å²) in [4.78, 5) is 14.5. The maximum Gasteiger partial charge on any atom is 0.226 e. The van der Waals surface area contributed by atoms with Gasteiger partial charge >= 0.3 is 0 Å². The number of nitrogens with zero attached hydrogens (tertiary/aromatic N) is 1. The van der Waals surface area contributed by atoms with Gasteiger partial charge in [0, 0.05) is 19.0 Å². The number of piperidine rings is 1. The average Bonchev–Trinajstić information content (AvgIpc) is 2.83. The van der Waals surface area contributed by atoms with Gasteiger partial charge in [0.05, 0.1) is 0 Å². The van der Waals surface area contributed by atoms with E-state index < -0.39 is 0 Å². The lowest BCUT2D eigenvalue weighted by atomic mass is 9.96. The van der Waals surface area contributed by atoms with Crippen LogP contribution in [0.15, 0.2) is 0 Å². The molecule has 3 nitrogen and oxygen atoms in total. The largest absolute Gasteiger partial charge is 0.342 e. The van der Waals surface area contributed by atoms with E-state index in [1.54, 1.807) is 0 Å². The predicted octanol–water partition coefficient (Wildman–Crippen LogP) is 1.49. The molecular weight excluding hydrogens is 212 g/mol. The lowest BCUT2D eigenvalue weighted by Crippen LogP contribution is -2.41. The summed E-state index contributed by atoms with van der Waals surface area (Å²) in [5.74, 6) is 3.25. The Bertz CT molecular complexity index is 287. The molecule has 2 aliphatic carbocycles. The maximum absolute atomic E-state index is 12.3. The van der Waals surface area contributed by atoms with Gasteiger partial charge in [0.25, 0.3) is 0 Å². The molecule has 0 radical (unpaired) electrons. The van der Waals surface area contributed by atoms with E-state index in [0.717, 1.165) is 37.4 Å². The third kappa shape index (κ3) is 2.10. The van der Waals surface area contributed by atoms with Crippen molar-refractivity contribution in [1.82, 2.24) is 10.2 Å². The van der Waals surface area contributed by atoms with Crippen LogP contribution in [0.25, 0.3) is 0 Å². The minimum absolute atomic E-state index is 0.435. The molecule has 1 amide bonds. The van der Waals surface area contributed by atoms with E-state index in [2.05, 4.69) is 10.2 Å². The molecule has 1 aliphatic heterocycles. The highest BCUT2D eigenvalue weighted by molar-refractivity contribution is 5.82. The zero-order chi connectivity index (χ0) is 11.8. The van der Waals surface area contributed by atoms with Crippen LogP contribution < -0.4 is 5.32 Å². The van der Waals surface area contributed by atoms with Gasteiger partial charge in [-0.25, -0.2) is 0 Å². The van der Waals surface area contributed by atoms with Gasteiger partial charge in [-0.1, -0.05) is 6.42 Å². The topological polar surface area (TPSA) is 32.3 Å². The van der Waals surface area contributed by atoms with Gasteiger partial charge in [0.15, 0.2) is 0 Å². The molecule has 0 aromatic carbocycles. The lowest BCUT2D eigenvalue weighted by molar-refractivity contribution is -0.134. The van der Waals surface area contributed by atoms with E-state index in [9.17, 15) is 4.79 Å². The fourth-order valence-corrected chi connectivity index (χ4v) is 4.04. The lowest BCUT2D eigenvalue weighted by Gasteiger charge is -2.32. The summed E-state index contributed by atoms with van der Waals surface area (Å²) in [7, 11) is 2.02. The normalized spacial score (nSPS) is 37.0. The third-order valence-corrected chi connectivity index (χ3v) is 5.11. The molecule has 0 bridgehead atoms. The summed E-state index contributed by atoms with van der Waals surface area (Å²) >= 11 is 0. The van der Waals surface area contributed by atoms with E-state index in [1.807, 2.05) is 7.05 Å². The maximum atomic E-state index is 12.3. The first-order valence-electron chi connectivity index (χ1n) is 7.24. The number of carbonyl (C=O) groups is 1. The Morgan fingerprint density at radius 1 is 1.18 bits per heavy atom. The van der Waals surface area contributed by atoms with Crippen LogP contribution in [-0.4, -0.2) is 37.5 Å². The Morgan fingerprint density at radius 2 is 1.82 bits per heavy atom. The second-order valence-corrected chi connectivity index (χ2v) is 6.11. The van der Waals surface area contributed by atoms with E-state index in [4.69, 9.17) is 0 Å². The summed E-state index contributed by atoms with van der Waals surface area (Å²) in [5.41, 5.74) is 0. The number of rotatable bonds is 3. The molecule has 3 fully saturated rings. The Hall–Kier alpha value is -0.570. The second kappa shape index (κ2) is 4.60. The molecule has 3 aliphatic rings. The van der Waals surface area contributed by atoms with Crippen LogP contribution in [0.1, 0.15) is 32.1 Å². The van der Waals surface area contributed by atoms with E-state index >= 15 is 0 Å². The van der Waals surface area contributed by atoms with E-state index in [0.29, 0.717) is 11.8 Å². The van der Waals surface area contributed by atoms with Gasteiger partial charge in [0.1, 0.15) is 0 Å². The molecule has 1 saturated heterocycles. The van der Waals surface area contributed by atoms with Gasteiger partial charge in [-0.2, -0.15) is 0 Å². The fourth-order valence-electron chi connectivity index (χ4n) is 4.04. The number of fused-ring (bicyclic) bond motifs is 1. The number of hydrogen-bond donors (Lipinski definition) is 1. The van der Waals surface area contributed by atoms with Crippen LogP contribution in [0.3, 0.4) is 0 Å². The van der Waals surface area contributed by atoms with Gasteiger partial charge in [0.2, 0.25) is 5.91 Å². The van der Waals surface area contributed by atoms with Gasteiger partial charge < -0.3 is 10.2 Å². The number of amides is 1. The summed E-state index contributed by atoms with van der Waals surface area (Å²) in [6.07, 6.45) is 6.38. The molecule has 1 heterocycles. The SMILES string of the molecule is CNCC1CCN(C(=O)C2C3CCCC32)CC1. The Morgan fingerprint density at radius 3 is 2.41 bits per heavy atom. The zero-order valence-corrected chi connectivity index (χ0v) is 10.8. The van der Waals surface area contributed by atoms with Crippen molar-refractivity contribution < 1.29 is 4.79 Å². The van der Waals surface area contributed by atoms with E-state index in [-0.39, 0.29) is 0 Å². The Kier molecular flexibility index (Phi) is 3.12. The highest BCUT2D eigenvalue weighted by atomic mass is 16.2. The van der Waals surface area contributed by atoms with Crippen LogP contribution in [0.5, 0.6) is 0 Å². The molecule has 17 heavy (non-hydrogen) atoms. The van der Waals surface area contributed by atoms with Crippen LogP contribution in [0.2, 0.25) is 0 Å². The standard InChI is InChI=1S/C14H24N2O/c1-15-9-10-5-7-16(8-6-10)14(17)13-11-3-2-4-12(11)13/h10-13,15H,2-9H2,1H3. The van der Waals surface area contributed by atoms with Gasteiger partial charge in [-0.15, -0.1) is 0 Å². The van der Waals surface area contributed by atoms with Crippen molar-refractivity contribution in [2.45, 2.75) is 32.1 Å². The first-order valence-corrected chi connectivity index (χ1v) is 7.24. The van der Waals surface area contributed by atoms with Gasteiger partial charge in [-0.05, 0) is 57.0 Å². The molecule has 1 N–H and O–H groups in total. The molecular formula is C14H24N2O. The molecule has 0 aromatic rings. The van der Waals surface area contributed by atoms with Crippen molar-refractivity contribution in [2.75, 3.05) is 26.7 Å². The van der Waals surface area contributed by atoms with Gasteiger partial charge in [-0.3, -0.25) is 4.79 Å². The van der Waals surface area contributed by atoms with Crippen molar-refractivity contribution in [3.8, 4) is 0 Å². The molecule has 2 saturated carbocycles. The smallest absolute Gasteiger partial charge is 0.226 e. The molecule has 2 unspecified atom stereocenters. The number of likely N-dealkylation sites (tertiary alicyclic amines) is 1. The van der Waals surface area contributed by atoms with Crippen molar-refractivity contribution in [2.24, 2.45) is 23.7 Å². The average molecular weight is 236 g/mol. The summed E-state index contributed by atoms with van der Waals surface area (Å²) in [6.45, 7) is 3.11. The molecule has 3 heteroatoms. The fraction of sp³-hybridized carbons (Fsp3) is 0.929. The third-order valence-electron chi connectivity index (χ3n) is 5.11. The van der Waals surface area contributed by atoms with Crippen LogP contribution in [-0.2, 0) is 4.79 Å².